The molecule has 0 unspecified atom stereocenters. The van der Waals surface area contributed by atoms with Crippen LogP contribution in [0.4, 0.5) is 11.4 Å². The number of benzene rings is 2. The van der Waals surface area contributed by atoms with Crippen LogP contribution in [0.2, 0.25) is 0 Å². The molecule has 9 heteroatoms. The fraction of sp³-hybridized carbons (Fsp3) is 0.350. The number of hydrogen-bond donors (Lipinski definition) is 2. The molecule has 2 aromatic carbocycles. The summed E-state index contributed by atoms with van der Waals surface area (Å²) in [6, 6.07) is 14.0. The summed E-state index contributed by atoms with van der Waals surface area (Å²) in [5.41, 5.74) is 1.81. The third-order valence-corrected chi connectivity index (χ3v) is 3.77. The Morgan fingerprint density at radius 1 is 1.17 bits per heavy atom. The highest BCUT2D eigenvalue weighted by molar-refractivity contribution is 14.0. The number of rotatable bonds is 10. The molecular formula is C20H27IN4O4. The Labute approximate surface area is 187 Å². The van der Waals surface area contributed by atoms with Crippen LogP contribution in [-0.2, 0) is 11.3 Å². The molecular weight excluding hydrogens is 487 g/mol. The number of anilines is 1. The predicted molar refractivity (Wildman–Crippen MR) is 125 cm³/mol. The summed E-state index contributed by atoms with van der Waals surface area (Å²) in [7, 11) is 1.67. The van der Waals surface area contributed by atoms with Gasteiger partial charge in [-0.1, -0.05) is 18.2 Å². The van der Waals surface area contributed by atoms with Gasteiger partial charge in [0.2, 0.25) is 0 Å². The Kier molecular flexibility index (Phi) is 11.7. The number of non-ortho nitro benzene ring substituents is 1. The molecule has 0 aliphatic heterocycles. The number of aliphatic imine (C=N–C) groups is 1. The first-order valence-corrected chi connectivity index (χ1v) is 9.13. The molecule has 29 heavy (non-hydrogen) atoms. The van der Waals surface area contributed by atoms with Gasteiger partial charge in [0.25, 0.3) is 5.69 Å². The van der Waals surface area contributed by atoms with E-state index in [-0.39, 0.29) is 29.7 Å². The van der Waals surface area contributed by atoms with E-state index < -0.39 is 4.92 Å². The molecule has 0 aliphatic rings. The van der Waals surface area contributed by atoms with E-state index in [0.717, 1.165) is 23.4 Å². The number of halogens is 1. The van der Waals surface area contributed by atoms with Crippen LogP contribution in [0.1, 0.15) is 18.9 Å². The van der Waals surface area contributed by atoms with E-state index in [4.69, 9.17) is 9.47 Å². The maximum Gasteiger partial charge on any atom is 0.269 e. The number of ether oxygens (including phenoxy) is 2. The largest absolute Gasteiger partial charge is 0.493 e. The van der Waals surface area contributed by atoms with Gasteiger partial charge in [-0.25, -0.2) is 4.99 Å². The number of nitro groups is 1. The van der Waals surface area contributed by atoms with Gasteiger partial charge in [-0.05, 0) is 24.6 Å². The summed E-state index contributed by atoms with van der Waals surface area (Å²) in [5, 5.41) is 17.2. The number of hydrogen-bond acceptors (Lipinski definition) is 5. The standard InChI is InChI=1S/C20H26N4O4.HI/c1-3-21-20(22-15-16-8-10-18(11-9-16)24(25)26)23-17-6-4-7-19(14-17)28-13-5-12-27-2;/h4,6-11,14H,3,5,12-13,15H2,1-2H3,(H2,21,22,23);1H. The van der Waals surface area contributed by atoms with Crippen molar-refractivity contribution in [3.63, 3.8) is 0 Å². The fourth-order valence-electron chi connectivity index (χ4n) is 2.39. The molecule has 0 saturated carbocycles. The summed E-state index contributed by atoms with van der Waals surface area (Å²) in [6.45, 7) is 4.35. The minimum Gasteiger partial charge on any atom is -0.493 e. The number of methoxy groups -OCH3 is 1. The first-order chi connectivity index (χ1) is 13.6. The molecule has 0 spiro atoms. The molecule has 0 saturated heterocycles. The Morgan fingerprint density at radius 2 is 1.93 bits per heavy atom. The quantitative estimate of drug-likeness (QED) is 0.123. The lowest BCUT2D eigenvalue weighted by Crippen LogP contribution is -2.30. The van der Waals surface area contributed by atoms with Gasteiger partial charge in [0.15, 0.2) is 5.96 Å². The van der Waals surface area contributed by atoms with E-state index in [1.54, 1.807) is 19.2 Å². The van der Waals surface area contributed by atoms with Gasteiger partial charge in [0, 0.05) is 50.6 Å². The van der Waals surface area contributed by atoms with Gasteiger partial charge in [0.1, 0.15) is 5.75 Å². The zero-order valence-corrected chi connectivity index (χ0v) is 18.9. The Morgan fingerprint density at radius 3 is 2.59 bits per heavy atom. The summed E-state index contributed by atoms with van der Waals surface area (Å²) in [5.74, 6) is 1.39. The number of nitrogens with zero attached hydrogens (tertiary/aromatic N) is 2. The maximum atomic E-state index is 10.7. The molecule has 2 aromatic rings. The zero-order chi connectivity index (χ0) is 20.2. The van der Waals surface area contributed by atoms with Crippen LogP contribution < -0.4 is 15.4 Å². The molecule has 2 rings (SSSR count). The minimum absolute atomic E-state index is 0. The molecule has 0 aliphatic carbocycles. The first kappa shape index (κ1) is 24.6. The van der Waals surface area contributed by atoms with Gasteiger partial charge < -0.3 is 20.1 Å². The van der Waals surface area contributed by atoms with E-state index >= 15 is 0 Å². The van der Waals surface area contributed by atoms with E-state index in [1.807, 2.05) is 31.2 Å². The summed E-state index contributed by atoms with van der Waals surface area (Å²) in [6.07, 6.45) is 0.827. The van der Waals surface area contributed by atoms with Crippen molar-refractivity contribution in [1.82, 2.24) is 5.32 Å². The van der Waals surface area contributed by atoms with Crippen molar-refractivity contribution in [2.75, 3.05) is 32.2 Å². The van der Waals surface area contributed by atoms with Gasteiger partial charge >= 0.3 is 0 Å². The Hall–Kier alpha value is -2.40. The summed E-state index contributed by atoms with van der Waals surface area (Å²) >= 11 is 0. The topological polar surface area (TPSA) is 98.0 Å². The Balaban J connectivity index is 0.00000420. The van der Waals surface area contributed by atoms with Gasteiger partial charge in [-0.15, -0.1) is 24.0 Å². The van der Waals surface area contributed by atoms with Crippen molar-refractivity contribution in [2.24, 2.45) is 4.99 Å². The van der Waals surface area contributed by atoms with E-state index in [9.17, 15) is 10.1 Å². The average molecular weight is 514 g/mol. The molecule has 0 fully saturated rings. The number of guanidine groups is 1. The second-order valence-corrected chi connectivity index (χ2v) is 5.97. The average Bonchev–Trinajstić information content (AvgIpc) is 2.70. The smallest absolute Gasteiger partial charge is 0.269 e. The second kappa shape index (κ2) is 13.7. The number of nitrogens with one attached hydrogen (secondary N) is 2. The van der Waals surface area contributed by atoms with Gasteiger partial charge in [-0.2, -0.15) is 0 Å². The highest BCUT2D eigenvalue weighted by Crippen LogP contribution is 2.18. The van der Waals surface area contributed by atoms with E-state index in [0.29, 0.717) is 32.3 Å². The molecule has 0 aromatic heterocycles. The van der Waals surface area contributed by atoms with Crippen LogP contribution in [0, 0.1) is 10.1 Å². The third-order valence-electron chi connectivity index (χ3n) is 3.77. The zero-order valence-electron chi connectivity index (χ0n) is 16.6. The lowest BCUT2D eigenvalue weighted by molar-refractivity contribution is -0.384. The third kappa shape index (κ3) is 9.09. The summed E-state index contributed by atoms with van der Waals surface area (Å²) < 4.78 is 10.7. The molecule has 0 radical (unpaired) electrons. The van der Waals surface area contributed by atoms with Crippen LogP contribution in [-0.4, -0.2) is 37.8 Å². The highest BCUT2D eigenvalue weighted by Gasteiger charge is 2.05. The highest BCUT2D eigenvalue weighted by atomic mass is 127. The van der Waals surface area contributed by atoms with Crippen LogP contribution in [0.25, 0.3) is 0 Å². The fourth-order valence-corrected chi connectivity index (χ4v) is 2.39. The molecule has 0 bridgehead atoms. The van der Waals surface area contributed by atoms with Crippen molar-refractivity contribution in [3.8, 4) is 5.75 Å². The van der Waals surface area contributed by atoms with Gasteiger partial charge in [-0.3, -0.25) is 10.1 Å². The second-order valence-electron chi connectivity index (χ2n) is 5.97. The van der Waals surface area contributed by atoms with Crippen molar-refractivity contribution < 1.29 is 14.4 Å². The molecule has 0 amide bonds. The van der Waals surface area contributed by atoms with Crippen molar-refractivity contribution in [2.45, 2.75) is 19.9 Å². The molecule has 158 valence electrons. The monoisotopic (exact) mass is 514 g/mol. The molecule has 8 nitrogen and oxygen atoms in total. The molecule has 2 N–H and O–H groups in total. The van der Waals surface area contributed by atoms with Crippen LogP contribution in [0.3, 0.4) is 0 Å². The van der Waals surface area contributed by atoms with Crippen LogP contribution >= 0.6 is 24.0 Å². The van der Waals surface area contributed by atoms with Crippen molar-refractivity contribution >= 4 is 41.3 Å². The van der Waals surface area contributed by atoms with Crippen LogP contribution in [0.15, 0.2) is 53.5 Å². The lowest BCUT2D eigenvalue weighted by Gasteiger charge is -2.13. The SMILES string of the molecule is CCNC(=NCc1ccc([N+](=O)[O-])cc1)Nc1cccc(OCCCOC)c1.I. The lowest BCUT2D eigenvalue weighted by atomic mass is 10.2. The van der Waals surface area contributed by atoms with Crippen molar-refractivity contribution in [3.05, 3.63) is 64.2 Å². The molecule has 0 atom stereocenters. The first-order valence-electron chi connectivity index (χ1n) is 9.13. The van der Waals surface area contributed by atoms with E-state index in [2.05, 4.69) is 15.6 Å². The van der Waals surface area contributed by atoms with E-state index in [1.165, 1.54) is 12.1 Å². The van der Waals surface area contributed by atoms with Gasteiger partial charge in [0.05, 0.1) is 18.1 Å². The van der Waals surface area contributed by atoms with Crippen LogP contribution in [0.5, 0.6) is 5.75 Å². The normalized spacial score (nSPS) is 10.8. The molecule has 0 heterocycles. The minimum atomic E-state index is -0.414. The maximum absolute atomic E-state index is 10.7. The summed E-state index contributed by atoms with van der Waals surface area (Å²) in [4.78, 5) is 14.9. The Bertz CT molecular complexity index is 784. The van der Waals surface area contributed by atoms with Crippen molar-refractivity contribution in [1.29, 1.82) is 0 Å². The predicted octanol–water partition coefficient (Wildman–Crippen LogP) is 4.21. The number of nitro benzene ring substituents is 1.